The molecule has 1 saturated carbocycles. The summed E-state index contributed by atoms with van der Waals surface area (Å²) in [5.74, 6) is -0.918. The third kappa shape index (κ3) is 4.01. The number of carbonyl (C=O) groups is 2. The molecule has 0 radical (unpaired) electrons. The predicted octanol–water partition coefficient (Wildman–Crippen LogP) is 5.70. The van der Waals surface area contributed by atoms with Crippen LogP contribution in [0, 0.1) is 37.5 Å². The van der Waals surface area contributed by atoms with Crippen molar-refractivity contribution in [2.24, 2.45) is 16.7 Å². The number of rotatable bonds is 5. The van der Waals surface area contributed by atoms with E-state index >= 15 is 0 Å². The number of benzene rings is 1. The number of hydrogen-bond donors (Lipinski definition) is 1. The average Bonchev–Trinajstić information content (AvgIpc) is 2.61. The number of ketones is 1. The lowest BCUT2D eigenvalue weighted by molar-refractivity contribution is -0.161. The molecule has 4 nitrogen and oxygen atoms in total. The lowest BCUT2D eigenvalue weighted by Gasteiger charge is -2.50. The number of aryl methyl sites for hydroxylation is 3. The summed E-state index contributed by atoms with van der Waals surface area (Å²) in [6, 6.07) is 4.06. The molecule has 0 bridgehead atoms. The molecular formula is C22H34O4P+. The molecule has 0 amide bonds. The fraction of sp³-hybridized carbons (Fsp3) is 0.636. The molecule has 0 aromatic heterocycles. The van der Waals surface area contributed by atoms with Crippen molar-refractivity contribution in [3.05, 3.63) is 34.4 Å². The second-order valence-corrected chi connectivity index (χ2v) is 8.41. The minimum atomic E-state index is -1.06. The molecule has 1 N–H and O–H groups in total. The lowest BCUT2D eigenvalue weighted by atomic mass is 9.51. The van der Waals surface area contributed by atoms with Gasteiger partial charge in [0.05, 0.1) is 5.41 Å². The smallest absolute Gasteiger partial charge is 0.310 e. The topological polar surface area (TPSA) is 71.4 Å². The van der Waals surface area contributed by atoms with Crippen LogP contribution in [0.2, 0.25) is 0 Å². The van der Waals surface area contributed by atoms with Gasteiger partial charge in [0.25, 0.3) is 0 Å². The number of Topliss-reactive ketones (excluding diaryl/α,β-unsaturated/α-hetero) is 1. The maximum absolute atomic E-state index is 13.9. The van der Waals surface area contributed by atoms with E-state index in [9.17, 15) is 14.7 Å². The van der Waals surface area contributed by atoms with Crippen LogP contribution < -0.4 is 0 Å². The highest BCUT2D eigenvalue weighted by Crippen LogP contribution is 2.56. The molecular weight excluding hydrogens is 359 g/mol. The summed E-state index contributed by atoms with van der Waals surface area (Å²) in [5, 5.41) is 10.1. The number of hydrogen-bond acceptors (Lipinski definition) is 3. The first-order valence-electron chi connectivity index (χ1n) is 9.67. The van der Waals surface area contributed by atoms with Crippen LogP contribution in [0.5, 0.6) is 0 Å². The Morgan fingerprint density at radius 2 is 1.48 bits per heavy atom. The summed E-state index contributed by atoms with van der Waals surface area (Å²) >= 11 is 0. The quantitative estimate of drug-likeness (QED) is 0.514. The van der Waals surface area contributed by atoms with Crippen LogP contribution in [0.15, 0.2) is 12.1 Å². The van der Waals surface area contributed by atoms with E-state index in [4.69, 9.17) is 4.57 Å². The van der Waals surface area contributed by atoms with Crippen LogP contribution in [-0.4, -0.2) is 16.9 Å². The van der Waals surface area contributed by atoms with E-state index in [0.29, 0.717) is 12.8 Å². The molecule has 0 spiro atoms. The van der Waals surface area contributed by atoms with E-state index in [1.807, 2.05) is 46.8 Å². The molecule has 2 atom stereocenters. The molecule has 0 aliphatic heterocycles. The van der Waals surface area contributed by atoms with Gasteiger partial charge in [0, 0.05) is 11.0 Å². The van der Waals surface area contributed by atoms with E-state index in [0.717, 1.165) is 41.5 Å². The third-order valence-corrected chi connectivity index (χ3v) is 6.64. The molecule has 0 saturated heterocycles. The molecule has 27 heavy (non-hydrogen) atoms. The summed E-state index contributed by atoms with van der Waals surface area (Å²) in [4.78, 5) is 26.2. The second-order valence-electron chi connectivity index (χ2n) is 8.41. The van der Waals surface area contributed by atoms with Crippen LogP contribution in [0.4, 0.5) is 0 Å². The summed E-state index contributed by atoms with van der Waals surface area (Å²) < 4.78 is 8.17. The van der Waals surface area contributed by atoms with E-state index in [-0.39, 0.29) is 11.7 Å². The third-order valence-electron chi connectivity index (χ3n) is 6.64. The standard InChI is InChI=1S/C22H32O3.H2OP/c1-14(2)21(6,20(24)25)22(10-8-7-9-11-22)19(23)18-16(4)12-15(3)13-17(18)5;1-2/h12-14H,7-11H2,1-6H3,(H,24,25);2H2/q;+1. The fourth-order valence-electron chi connectivity index (χ4n) is 4.92. The Kier molecular flexibility index (Phi) is 7.92. The SMILES string of the molecule is Cc1cc(C)c(C(=O)C2(C(C)(C(=O)O)C(C)C)CCCCC2)c(C)c1.O=[PH2+]. The summed E-state index contributed by atoms with van der Waals surface area (Å²) in [7, 11) is 1.17. The van der Waals surface area contributed by atoms with Crippen molar-refractivity contribution in [2.45, 2.75) is 73.6 Å². The molecule has 1 aliphatic carbocycles. The van der Waals surface area contributed by atoms with Crippen LogP contribution in [-0.2, 0) is 9.36 Å². The first-order valence-corrected chi connectivity index (χ1v) is 10.1. The van der Waals surface area contributed by atoms with Crippen molar-refractivity contribution >= 4 is 20.9 Å². The maximum Gasteiger partial charge on any atom is 0.310 e. The lowest BCUT2D eigenvalue weighted by Crippen LogP contribution is -2.55. The van der Waals surface area contributed by atoms with E-state index < -0.39 is 16.8 Å². The molecule has 5 heteroatoms. The van der Waals surface area contributed by atoms with Crippen molar-refractivity contribution in [1.29, 1.82) is 0 Å². The molecule has 1 aliphatic rings. The molecule has 0 heterocycles. The Balaban J connectivity index is 0.00000176. The van der Waals surface area contributed by atoms with Gasteiger partial charge in [0.1, 0.15) is 0 Å². The van der Waals surface area contributed by atoms with Gasteiger partial charge in [0.15, 0.2) is 5.78 Å². The first kappa shape index (κ1) is 23.5. The van der Waals surface area contributed by atoms with Gasteiger partial charge in [-0.1, -0.05) is 55.4 Å². The highest BCUT2D eigenvalue weighted by Gasteiger charge is 2.59. The molecule has 1 fully saturated rings. The zero-order valence-electron chi connectivity index (χ0n) is 17.5. The second kappa shape index (κ2) is 9.10. The zero-order chi connectivity index (χ0) is 21.0. The molecule has 1 aromatic rings. The zero-order valence-corrected chi connectivity index (χ0v) is 18.7. The Bertz CT molecular complexity index is 681. The van der Waals surface area contributed by atoms with Crippen LogP contribution >= 0.6 is 9.12 Å². The predicted molar refractivity (Wildman–Crippen MR) is 111 cm³/mol. The van der Waals surface area contributed by atoms with Crippen molar-refractivity contribution < 1.29 is 19.3 Å². The summed E-state index contributed by atoms with van der Waals surface area (Å²) in [6.45, 7) is 11.6. The minimum Gasteiger partial charge on any atom is -0.481 e. The largest absolute Gasteiger partial charge is 0.481 e. The van der Waals surface area contributed by atoms with E-state index in [1.54, 1.807) is 6.92 Å². The monoisotopic (exact) mass is 393 g/mol. The van der Waals surface area contributed by atoms with Crippen molar-refractivity contribution in [2.75, 3.05) is 0 Å². The molecule has 150 valence electrons. The van der Waals surface area contributed by atoms with Crippen LogP contribution in [0.25, 0.3) is 0 Å². The Morgan fingerprint density at radius 3 is 1.85 bits per heavy atom. The fourth-order valence-corrected chi connectivity index (χ4v) is 4.92. The minimum absolute atomic E-state index is 0.0424. The van der Waals surface area contributed by atoms with Gasteiger partial charge < -0.3 is 5.11 Å². The number of aliphatic carboxylic acids is 1. The highest BCUT2D eigenvalue weighted by molar-refractivity contribution is 7.00. The summed E-state index contributed by atoms with van der Waals surface area (Å²) in [6.07, 6.45) is 4.25. The summed E-state index contributed by atoms with van der Waals surface area (Å²) in [5.41, 5.74) is 1.91. The number of carboxylic acids is 1. The first-order chi connectivity index (χ1) is 12.6. The van der Waals surface area contributed by atoms with Gasteiger partial charge >= 0.3 is 15.1 Å². The molecule has 2 rings (SSSR count). The van der Waals surface area contributed by atoms with Gasteiger partial charge in [-0.3, -0.25) is 9.59 Å². The molecule has 2 unspecified atom stereocenters. The van der Waals surface area contributed by atoms with Crippen LogP contribution in [0.1, 0.15) is 79.9 Å². The van der Waals surface area contributed by atoms with E-state index in [1.165, 1.54) is 9.12 Å². The van der Waals surface area contributed by atoms with E-state index in [2.05, 4.69) is 0 Å². The maximum atomic E-state index is 13.9. The Labute approximate surface area is 165 Å². The normalized spacial score (nSPS) is 18.2. The van der Waals surface area contributed by atoms with Gasteiger partial charge in [-0.05, 0) is 57.6 Å². The van der Waals surface area contributed by atoms with Crippen molar-refractivity contribution in [1.82, 2.24) is 0 Å². The number of carboxylic acid groups (broad SMARTS) is 1. The average molecular weight is 393 g/mol. The van der Waals surface area contributed by atoms with Gasteiger partial charge in [-0.2, -0.15) is 0 Å². The molecule has 1 aromatic carbocycles. The van der Waals surface area contributed by atoms with Gasteiger partial charge in [-0.15, -0.1) is 0 Å². The van der Waals surface area contributed by atoms with Gasteiger partial charge in [0.2, 0.25) is 0 Å². The Morgan fingerprint density at radius 1 is 1.04 bits per heavy atom. The Hall–Kier alpha value is -1.54. The van der Waals surface area contributed by atoms with Crippen molar-refractivity contribution in [3.8, 4) is 0 Å². The van der Waals surface area contributed by atoms with Crippen molar-refractivity contribution in [3.63, 3.8) is 0 Å². The highest BCUT2D eigenvalue weighted by atomic mass is 31.0. The number of carbonyl (C=O) groups excluding carboxylic acids is 1. The van der Waals surface area contributed by atoms with Crippen LogP contribution in [0.3, 0.4) is 0 Å². The van der Waals surface area contributed by atoms with Gasteiger partial charge in [-0.25, -0.2) is 0 Å².